The smallest absolute Gasteiger partial charge is 0.129 e. The fourth-order valence-electron chi connectivity index (χ4n) is 4.07. The molecule has 142 valence electrons. The zero-order valence-electron chi connectivity index (χ0n) is 15.7. The Morgan fingerprint density at radius 3 is 2.52 bits per heavy atom. The van der Waals surface area contributed by atoms with Crippen LogP contribution in [0.5, 0.6) is 0 Å². The molecule has 1 saturated heterocycles. The Morgan fingerprint density at radius 1 is 1.04 bits per heavy atom. The minimum atomic E-state index is -0.270. The molecule has 1 unspecified atom stereocenters. The Morgan fingerprint density at radius 2 is 1.78 bits per heavy atom. The van der Waals surface area contributed by atoms with Crippen molar-refractivity contribution in [3.8, 4) is 0 Å². The third-order valence-corrected chi connectivity index (χ3v) is 5.98. The van der Waals surface area contributed by atoms with Crippen LogP contribution in [0.1, 0.15) is 50.0 Å². The molecule has 0 aliphatic carbocycles. The lowest BCUT2D eigenvalue weighted by molar-refractivity contribution is 0.208. The van der Waals surface area contributed by atoms with Crippen LogP contribution in [0.15, 0.2) is 42.5 Å². The van der Waals surface area contributed by atoms with Crippen molar-refractivity contribution in [1.82, 2.24) is 14.5 Å². The van der Waals surface area contributed by atoms with E-state index in [1.807, 2.05) is 18.2 Å². The largest absolute Gasteiger partial charge is 0.322 e. The van der Waals surface area contributed by atoms with E-state index in [2.05, 4.69) is 22.5 Å². The first-order chi connectivity index (χ1) is 13.1. The quantitative estimate of drug-likeness (QED) is 0.564. The molecule has 1 atom stereocenters. The van der Waals surface area contributed by atoms with E-state index in [4.69, 9.17) is 16.6 Å². The number of imidazole rings is 1. The average molecular weight is 386 g/mol. The van der Waals surface area contributed by atoms with Crippen LogP contribution in [0.2, 0.25) is 5.02 Å². The fraction of sp³-hybridized carbons (Fsp3) is 0.409. The lowest BCUT2D eigenvalue weighted by Gasteiger charge is -2.28. The number of hydrogen-bond acceptors (Lipinski definition) is 2. The summed E-state index contributed by atoms with van der Waals surface area (Å²) in [6.45, 7) is 4.78. The number of likely N-dealkylation sites (tertiary alicyclic amines) is 1. The molecule has 0 radical (unpaired) electrons. The molecule has 1 fully saturated rings. The number of fused-ring (bicyclic) bond motifs is 1. The van der Waals surface area contributed by atoms with Gasteiger partial charge in [-0.15, -0.1) is 0 Å². The molecular formula is C22H25ClFN3. The van der Waals surface area contributed by atoms with Gasteiger partial charge in [-0.25, -0.2) is 9.37 Å². The maximum Gasteiger partial charge on any atom is 0.129 e. The van der Waals surface area contributed by atoms with Gasteiger partial charge in [0.25, 0.3) is 0 Å². The zero-order chi connectivity index (χ0) is 18.8. The van der Waals surface area contributed by atoms with E-state index in [-0.39, 0.29) is 11.9 Å². The van der Waals surface area contributed by atoms with Gasteiger partial charge in [0.05, 0.1) is 23.6 Å². The van der Waals surface area contributed by atoms with E-state index < -0.39 is 0 Å². The highest BCUT2D eigenvalue weighted by atomic mass is 35.5. The number of hydrogen-bond donors (Lipinski definition) is 0. The first-order valence-electron chi connectivity index (χ1n) is 9.77. The second-order valence-electron chi connectivity index (χ2n) is 7.37. The monoisotopic (exact) mass is 385 g/mol. The minimum Gasteiger partial charge on any atom is -0.322 e. The zero-order valence-corrected chi connectivity index (χ0v) is 16.4. The van der Waals surface area contributed by atoms with Crippen LogP contribution in [-0.4, -0.2) is 27.5 Å². The molecule has 4 rings (SSSR count). The van der Waals surface area contributed by atoms with Crippen LogP contribution in [0, 0.1) is 5.82 Å². The predicted octanol–water partition coefficient (Wildman–Crippen LogP) is 5.81. The summed E-state index contributed by atoms with van der Waals surface area (Å²) in [5.41, 5.74) is 2.49. The van der Waals surface area contributed by atoms with Gasteiger partial charge in [-0.1, -0.05) is 42.6 Å². The number of benzene rings is 2. The Bertz CT molecular complexity index is 908. The van der Waals surface area contributed by atoms with Gasteiger partial charge in [-0.05, 0) is 57.1 Å². The first-order valence-corrected chi connectivity index (χ1v) is 10.1. The van der Waals surface area contributed by atoms with Gasteiger partial charge < -0.3 is 4.57 Å². The maximum absolute atomic E-state index is 14.5. The first kappa shape index (κ1) is 18.5. The van der Waals surface area contributed by atoms with Gasteiger partial charge in [0.15, 0.2) is 0 Å². The molecule has 5 heteroatoms. The Kier molecular flexibility index (Phi) is 5.46. The highest BCUT2D eigenvalue weighted by molar-refractivity contribution is 6.31. The summed E-state index contributed by atoms with van der Waals surface area (Å²) in [4.78, 5) is 7.44. The Labute approximate surface area is 164 Å². The van der Waals surface area contributed by atoms with E-state index in [0.717, 1.165) is 29.9 Å². The maximum atomic E-state index is 14.5. The summed E-state index contributed by atoms with van der Waals surface area (Å²) in [6.07, 6.45) is 5.04. The summed E-state index contributed by atoms with van der Waals surface area (Å²) in [5, 5.41) is 0.459. The fourth-order valence-corrected chi connectivity index (χ4v) is 4.29. The molecule has 3 aromatic rings. The van der Waals surface area contributed by atoms with E-state index in [1.54, 1.807) is 12.1 Å². The molecule has 0 saturated carbocycles. The minimum absolute atomic E-state index is 0.182. The van der Waals surface area contributed by atoms with E-state index in [0.29, 0.717) is 17.1 Å². The second-order valence-corrected chi connectivity index (χ2v) is 7.78. The van der Waals surface area contributed by atoms with E-state index in [9.17, 15) is 4.39 Å². The Balaban J connectivity index is 1.77. The summed E-state index contributed by atoms with van der Waals surface area (Å²) < 4.78 is 16.6. The van der Waals surface area contributed by atoms with Crippen LogP contribution < -0.4 is 0 Å². The van der Waals surface area contributed by atoms with Crippen molar-refractivity contribution in [3.05, 3.63) is 64.7 Å². The highest BCUT2D eigenvalue weighted by Gasteiger charge is 2.24. The van der Waals surface area contributed by atoms with Crippen LogP contribution in [0.3, 0.4) is 0 Å². The highest BCUT2D eigenvalue weighted by Crippen LogP contribution is 2.29. The normalized spacial score (nSPS) is 17.1. The topological polar surface area (TPSA) is 21.1 Å². The lowest BCUT2D eigenvalue weighted by atomic mass is 10.2. The van der Waals surface area contributed by atoms with Crippen molar-refractivity contribution < 1.29 is 4.39 Å². The number of aromatic nitrogens is 2. The van der Waals surface area contributed by atoms with Crippen LogP contribution >= 0.6 is 11.6 Å². The Hall–Kier alpha value is -1.91. The number of para-hydroxylation sites is 2. The van der Waals surface area contributed by atoms with Gasteiger partial charge in [0, 0.05) is 10.6 Å². The summed E-state index contributed by atoms with van der Waals surface area (Å²) in [5.74, 6) is 0.714. The molecule has 3 nitrogen and oxygen atoms in total. The second kappa shape index (κ2) is 7.99. The van der Waals surface area contributed by atoms with Crippen LogP contribution in [-0.2, 0) is 6.54 Å². The van der Waals surface area contributed by atoms with Crippen molar-refractivity contribution >= 4 is 22.6 Å². The van der Waals surface area contributed by atoms with Crippen molar-refractivity contribution in [2.45, 2.75) is 45.2 Å². The summed E-state index contributed by atoms with van der Waals surface area (Å²) >= 11 is 6.32. The summed E-state index contributed by atoms with van der Waals surface area (Å²) in [6, 6.07) is 13.1. The molecule has 27 heavy (non-hydrogen) atoms. The molecule has 0 bridgehead atoms. The number of nitrogens with zero attached hydrogens (tertiary/aromatic N) is 3. The van der Waals surface area contributed by atoms with Gasteiger partial charge in [0.2, 0.25) is 0 Å². The van der Waals surface area contributed by atoms with E-state index >= 15 is 0 Å². The van der Waals surface area contributed by atoms with Crippen molar-refractivity contribution in [3.63, 3.8) is 0 Å². The van der Waals surface area contributed by atoms with Crippen LogP contribution in [0.4, 0.5) is 4.39 Å². The molecule has 1 aliphatic rings. The molecule has 0 amide bonds. The standard InChI is InChI=1S/C22H25ClFN3/c1-16(26-13-6-2-3-7-14-26)22-25-20-11-4-5-12-21(20)27(22)15-17-18(23)9-8-10-19(17)24/h4-5,8-12,16H,2-3,6-7,13-15H2,1H3. The molecule has 1 aromatic heterocycles. The third kappa shape index (κ3) is 3.74. The SMILES string of the molecule is CC(c1nc2ccccc2n1Cc1c(F)cccc1Cl)N1CCCCCC1. The van der Waals surface area contributed by atoms with Crippen molar-refractivity contribution in [1.29, 1.82) is 0 Å². The molecule has 0 N–H and O–H groups in total. The molecule has 0 spiro atoms. The van der Waals surface area contributed by atoms with Gasteiger partial charge >= 0.3 is 0 Å². The van der Waals surface area contributed by atoms with Crippen LogP contribution in [0.25, 0.3) is 11.0 Å². The predicted molar refractivity (Wildman–Crippen MR) is 109 cm³/mol. The van der Waals surface area contributed by atoms with Gasteiger partial charge in [0.1, 0.15) is 11.6 Å². The summed E-state index contributed by atoms with van der Waals surface area (Å²) in [7, 11) is 0. The third-order valence-electron chi connectivity index (χ3n) is 5.62. The van der Waals surface area contributed by atoms with Crippen molar-refractivity contribution in [2.75, 3.05) is 13.1 Å². The number of rotatable bonds is 4. The van der Waals surface area contributed by atoms with Crippen molar-refractivity contribution in [2.24, 2.45) is 0 Å². The molecule has 1 aliphatic heterocycles. The molecular weight excluding hydrogens is 361 g/mol. The average Bonchev–Trinajstić information content (AvgIpc) is 2.83. The van der Waals surface area contributed by atoms with E-state index in [1.165, 1.54) is 31.7 Å². The number of halogens is 2. The van der Waals surface area contributed by atoms with Gasteiger partial charge in [-0.2, -0.15) is 0 Å². The van der Waals surface area contributed by atoms with Gasteiger partial charge in [-0.3, -0.25) is 4.90 Å². The molecule has 2 heterocycles. The lowest BCUT2D eigenvalue weighted by Crippen LogP contribution is -2.30. The molecule has 2 aromatic carbocycles.